The lowest BCUT2D eigenvalue weighted by Gasteiger charge is -2.28. The molecule has 0 atom stereocenters. The van der Waals surface area contributed by atoms with Gasteiger partial charge in [0.15, 0.2) is 0 Å². The van der Waals surface area contributed by atoms with E-state index in [1.807, 2.05) is 110 Å². The summed E-state index contributed by atoms with van der Waals surface area (Å²) in [7, 11) is 0. The number of para-hydroxylation sites is 1. The van der Waals surface area contributed by atoms with E-state index in [0.717, 1.165) is 57.4 Å². The van der Waals surface area contributed by atoms with E-state index in [-0.39, 0.29) is 6.09 Å². The normalized spacial score (nSPS) is 11.9. The number of rotatable bonds is 6. The molecule has 4 aromatic rings. The van der Waals surface area contributed by atoms with Crippen LogP contribution >= 0.6 is 0 Å². The smallest absolute Gasteiger partial charge is 0.414 e. The van der Waals surface area contributed by atoms with Crippen molar-refractivity contribution in [3.8, 4) is 5.69 Å². The van der Waals surface area contributed by atoms with Gasteiger partial charge in [0.2, 0.25) is 16.7 Å². The number of unbranched alkanes of at least 4 members (excludes halogenated alkanes) is 1. The molecule has 0 aliphatic heterocycles. The summed E-state index contributed by atoms with van der Waals surface area (Å²) in [6.07, 6.45) is 0.879. The van der Waals surface area contributed by atoms with E-state index >= 15 is 0 Å². The molecule has 0 unspecified atom stereocenters. The largest absolute Gasteiger partial charge is 0.444 e. The zero-order chi connectivity index (χ0) is 30.8. The zero-order valence-corrected chi connectivity index (χ0v) is 26.3. The van der Waals surface area contributed by atoms with Crippen LogP contribution in [0.2, 0.25) is 0 Å². The van der Waals surface area contributed by atoms with E-state index < -0.39 is 17.3 Å². The molecule has 8 heteroatoms. The molecule has 8 nitrogen and oxygen atoms in total. The molecule has 222 valence electrons. The number of carbonyl (C=O) groups is 2. The minimum Gasteiger partial charge on any atom is -0.444 e. The van der Waals surface area contributed by atoms with Crippen LogP contribution in [0.25, 0.3) is 27.8 Å². The van der Waals surface area contributed by atoms with Crippen molar-refractivity contribution in [2.45, 2.75) is 86.4 Å². The second-order valence-electron chi connectivity index (χ2n) is 12.6. The number of nitrogens with zero attached hydrogens (tertiary/aromatic N) is 3. The molecule has 4 rings (SSSR count). The van der Waals surface area contributed by atoms with Crippen LogP contribution in [0.4, 0.5) is 21.0 Å². The molecule has 0 aliphatic rings. The summed E-state index contributed by atoms with van der Waals surface area (Å²) in [5, 5.41) is 2.92. The molecule has 42 heavy (non-hydrogen) atoms. The molecule has 0 saturated heterocycles. The highest BCUT2D eigenvalue weighted by Gasteiger charge is 2.29. The first-order valence-corrected chi connectivity index (χ1v) is 14.5. The van der Waals surface area contributed by atoms with Gasteiger partial charge in [-0.25, -0.2) is 14.6 Å². The van der Waals surface area contributed by atoms with Crippen molar-refractivity contribution < 1.29 is 23.6 Å². The predicted octanol–water partition coefficient (Wildman–Crippen LogP) is 8.17. The summed E-state index contributed by atoms with van der Waals surface area (Å²) < 4.78 is 13.5. The summed E-state index contributed by atoms with van der Waals surface area (Å²) in [5.41, 5.74) is 6.10. The Morgan fingerprint density at radius 2 is 1.57 bits per heavy atom. The second-order valence-corrected chi connectivity index (χ2v) is 12.6. The predicted molar refractivity (Wildman–Crippen MR) is 169 cm³/mol. The van der Waals surface area contributed by atoms with Gasteiger partial charge in [0.25, 0.3) is 0 Å². The second kappa shape index (κ2) is 12.0. The van der Waals surface area contributed by atoms with Crippen molar-refractivity contribution in [1.29, 1.82) is 0 Å². The van der Waals surface area contributed by atoms with Crippen LogP contribution in [0.15, 0.2) is 54.6 Å². The molecule has 0 fully saturated rings. The van der Waals surface area contributed by atoms with Crippen LogP contribution in [0.1, 0.15) is 72.4 Å². The van der Waals surface area contributed by atoms with Gasteiger partial charge in [0.05, 0.1) is 11.4 Å². The number of benzene rings is 3. The monoisotopic (exact) mass is 571 g/mol. The molecule has 1 aromatic heterocycles. The molecule has 3 aromatic carbocycles. The first kappa shape index (κ1) is 30.8. The number of hydrogen-bond acceptors (Lipinski definition) is 5. The lowest BCUT2D eigenvalue weighted by molar-refractivity contribution is -0.538. The van der Waals surface area contributed by atoms with Gasteiger partial charge in [-0.2, -0.15) is 0 Å². The molecule has 0 aliphatic carbocycles. The van der Waals surface area contributed by atoms with Crippen molar-refractivity contribution in [1.82, 2.24) is 4.98 Å². The minimum atomic E-state index is -0.623. The molecular weight excluding hydrogens is 528 g/mol. The Balaban J connectivity index is 1.99. The van der Waals surface area contributed by atoms with Gasteiger partial charge in [-0.05, 0) is 85.6 Å². The first-order valence-electron chi connectivity index (χ1n) is 14.5. The number of amides is 2. The highest BCUT2D eigenvalue weighted by atomic mass is 16.6. The van der Waals surface area contributed by atoms with Crippen molar-refractivity contribution in [3.63, 3.8) is 0 Å². The molecule has 0 spiro atoms. The minimum absolute atomic E-state index is 0.377. The number of nitrogens with one attached hydrogen (secondary N) is 1. The Labute approximate surface area is 248 Å². The molecule has 0 bridgehead atoms. The van der Waals surface area contributed by atoms with Gasteiger partial charge in [0.1, 0.15) is 22.2 Å². The van der Waals surface area contributed by atoms with Gasteiger partial charge in [-0.3, -0.25) is 10.2 Å². The molecule has 1 N–H and O–H groups in total. The maximum Gasteiger partial charge on any atom is 0.414 e. The quantitative estimate of drug-likeness (QED) is 0.186. The van der Waals surface area contributed by atoms with E-state index in [4.69, 9.17) is 14.5 Å². The van der Waals surface area contributed by atoms with Gasteiger partial charge in [-0.15, -0.1) is 4.57 Å². The topological polar surface area (TPSA) is 84.6 Å². The average Bonchev–Trinajstić information content (AvgIpc) is 2.88. The fourth-order valence-corrected chi connectivity index (χ4v) is 4.88. The number of anilines is 2. The van der Waals surface area contributed by atoms with Gasteiger partial charge in [-0.1, -0.05) is 31.5 Å². The van der Waals surface area contributed by atoms with Gasteiger partial charge in [0, 0.05) is 30.3 Å². The van der Waals surface area contributed by atoms with Crippen molar-refractivity contribution in [3.05, 3.63) is 65.7 Å². The standard InChI is InChI=1S/C34H42N4O4/c1-10-11-19-37(32(40)42-34(7,8)9)28-18-17-25-30(23(28)3)38(24-15-13-12-14-16-24)29-21-26(22(2)20-27(29)35-25)36-31(39)41-33(4,5)6/h12-18,20-21H,10-11,19H2,1-9H3/p+1. The van der Waals surface area contributed by atoms with E-state index in [2.05, 4.69) is 16.8 Å². The third-order valence-corrected chi connectivity index (χ3v) is 6.70. The summed E-state index contributed by atoms with van der Waals surface area (Å²) in [6.45, 7) is 17.7. The maximum absolute atomic E-state index is 13.4. The fourth-order valence-electron chi connectivity index (χ4n) is 4.88. The average molecular weight is 572 g/mol. The van der Waals surface area contributed by atoms with Crippen molar-refractivity contribution >= 4 is 45.6 Å². The molecule has 0 saturated carbocycles. The fraction of sp³-hybridized carbons (Fsp3) is 0.412. The summed E-state index contributed by atoms with van der Waals surface area (Å²) in [6, 6.07) is 17.8. The van der Waals surface area contributed by atoms with Gasteiger partial charge >= 0.3 is 12.2 Å². The Hall–Kier alpha value is -4.20. The summed E-state index contributed by atoms with van der Waals surface area (Å²) in [4.78, 5) is 32.9. The molecular formula is C34H43N4O4+. The lowest BCUT2D eigenvalue weighted by atomic mass is 10.1. The number of aromatic nitrogens is 2. The molecule has 0 radical (unpaired) electrons. The summed E-state index contributed by atoms with van der Waals surface area (Å²) in [5.74, 6) is 0. The van der Waals surface area contributed by atoms with Crippen LogP contribution in [0, 0.1) is 13.8 Å². The van der Waals surface area contributed by atoms with E-state index in [0.29, 0.717) is 12.2 Å². The highest BCUT2D eigenvalue weighted by Crippen LogP contribution is 2.31. The Bertz CT molecular complexity index is 1620. The first-order chi connectivity index (χ1) is 19.7. The maximum atomic E-state index is 13.4. The van der Waals surface area contributed by atoms with Crippen LogP contribution < -0.4 is 14.8 Å². The molecule has 1 heterocycles. The van der Waals surface area contributed by atoms with Crippen LogP contribution in [0.5, 0.6) is 0 Å². The van der Waals surface area contributed by atoms with Crippen LogP contribution in [0.3, 0.4) is 0 Å². The number of carbonyl (C=O) groups excluding carboxylic acids is 2. The summed E-state index contributed by atoms with van der Waals surface area (Å²) >= 11 is 0. The van der Waals surface area contributed by atoms with Crippen LogP contribution in [-0.4, -0.2) is 34.9 Å². The third kappa shape index (κ3) is 6.98. The van der Waals surface area contributed by atoms with Crippen molar-refractivity contribution in [2.75, 3.05) is 16.8 Å². The van der Waals surface area contributed by atoms with Crippen LogP contribution in [-0.2, 0) is 9.47 Å². The zero-order valence-electron chi connectivity index (χ0n) is 26.3. The Morgan fingerprint density at radius 1 is 0.905 bits per heavy atom. The Morgan fingerprint density at radius 3 is 2.19 bits per heavy atom. The number of ether oxygens (including phenoxy) is 2. The van der Waals surface area contributed by atoms with E-state index in [1.165, 1.54) is 0 Å². The number of aryl methyl sites for hydroxylation is 2. The van der Waals surface area contributed by atoms with Gasteiger partial charge < -0.3 is 9.47 Å². The Kier molecular flexibility index (Phi) is 8.76. The third-order valence-electron chi connectivity index (χ3n) is 6.70. The number of hydrogen-bond donors (Lipinski definition) is 1. The number of fused-ring (bicyclic) bond motifs is 2. The highest BCUT2D eigenvalue weighted by molar-refractivity contribution is 5.95. The molecule has 2 amide bonds. The lowest BCUT2D eigenvalue weighted by Crippen LogP contribution is -2.39. The van der Waals surface area contributed by atoms with Crippen molar-refractivity contribution in [2.24, 2.45) is 0 Å². The SMILES string of the molecule is CCCCN(C(=O)OC(C)(C)C)c1ccc2nc3cc(C)c(NC(=O)OC(C)(C)C)cc3[n+](-c3ccccc3)c2c1C. The van der Waals surface area contributed by atoms with E-state index in [1.54, 1.807) is 4.90 Å². The van der Waals surface area contributed by atoms with E-state index in [9.17, 15) is 9.59 Å².